The molecule has 0 radical (unpaired) electrons. The highest BCUT2D eigenvalue weighted by Gasteiger charge is 2.03. The first-order chi connectivity index (χ1) is 11.1. The fourth-order valence-corrected chi connectivity index (χ4v) is 3.57. The Morgan fingerprint density at radius 2 is 2.04 bits per heavy atom. The second-order valence-corrected chi connectivity index (χ2v) is 7.23. The van der Waals surface area contributed by atoms with Crippen molar-refractivity contribution in [1.29, 1.82) is 0 Å². The lowest BCUT2D eigenvalue weighted by Crippen LogP contribution is -2.19. The molecule has 7 heteroatoms. The average molecular weight is 432 g/mol. The molecule has 1 N–H and O–H groups in total. The Hall–Kier alpha value is -1.01. The molecule has 0 spiro atoms. The molecular formula is C16H13BrCl2N2OS. The van der Waals surface area contributed by atoms with E-state index in [1.807, 2.05) is 24.3 Å². The highest BCUT2D eigenvalue weighted by Crippen LogP contribution is 2.21. The van der Waals surface area contributed by atoms with Crippen molar-refractivity contribution in [3.05, 3.63) is 68.1 Å². The van der Waals surface area contributed by atoms with Crippen molar-refractivity contribution >= 4 is 63.0 Å². The van der Waals surface area contributed by atoms with Crippen LogP contribution in [0.25, 0.3) is 0 Å². The first-order valence-corrected chi connectivity index (χ1v) is 9.35. The summed E-state index contributed by atoms with van der Waals surface area (Å²) < 4.78 is 1.04. The van der Waals surface area contributed by atoms with Crippen LogP contribution in [0.5, 0.6) is 0 Å². The summed E-state index contributed by atoms with van der Waals surface area (Å²) in [5, 5.41) is 4.94. The number of nitrogens with zero attached hydrogens (tertiary/aromatic N) is 1. The summed E-state index contributed by atoms with van der Waals surface area (Å²) in [7, 11) is 0. The molecule has 0 aromatic heterocycles. The standard InChI is InChI=1S/C16H13BrCl2N2OS/c17-14-4-2-1-3-12(14)9-23-10-16(22)21-20-8-11-5-6-13(18)7-15(11)19/h1-8H,9-10H2,(H,21,22)/b20-8-. The van der Waals surface area contributed by atoms with E-state index in [0.717, 1.165) is 15.8 Å². The maximum Gasteiger partial charge on any atom is 0.250 e. The van der Waals surface area contributed by atoms with Crippen LogP contribution < -0.4 is 5.43 Å². The summed E-state index contributed by atoms with van der Waals surface area (Å²) in [5.74, 6) is 0.914. The van der Waals surface area contributed by atoms with Gasteiger partial charge in [-0.15, -0.1) is 11.8 Å². The Morgan fingerprint density at radius 1 is 1.26 bits per heavy atom. The minimum atomic E-state index is -0.164. The van der Waals surface area contributed by atoms with Gasteiger partial charge in [-0.05, 0) is 23.8 Å². The van der Waals surface area contributed by atoms with E-state index in [1.54, 1.807) is 18.2 Å². The van der Waals surface area contributed by atoms with E-state index in [9.17, 15) is 4.79 Å². The summed E-state index contributed by atoms with van der Waals surface area (Å²) in [5.41, 5.74) is 4.33. The van der Waals surface area contributed by atoms with Crippen molar-refractivity contribution in [2.75, 3.05) is 5.75 Å². The number of benzene rings is 2. The van der Waals surface area contributed by atoms with Crippen LogP contribution in [0.3, 0.4) is 0 Å². The van der Waals surface area contributed by atoms with E-state index in [4.69, 9.17) is 23.2 Å². The Morgan fingerprint density at radius 3 is 2.78 bits per heavy atom. The van der Waals surface area contributed by atoms with E-state index in [-0.39, 0.29) is 5.91 Å². The number of amides is 1. The quantitative estimate of drug-likeness (QED) is 0.508. The molecule has 2 rings (SSSR count). The van der Waals surface area contributed by atoms with E-state index in [0.29, 0.717) is 21.4 Å². The van der Waals surface area contributed by atoms with Gasteiger partial charge in [-0.2, -0.15) is 5.10 Å². The minimum Gasteiger partial charge on any atom is -0.272 e. The summed E-state index contributed by atoms with van der Waals surface area (Å²) in [4.78, 5) is 11.7. The zero-order valence-corrected chi connectivity index (χ0v) is 15.8. The first kappa shape index (κ1) is 18.3. The van der Waals surface area contributed by atoms with Gasteiger partial charge in [0.1, 0.15) is 0 Å². The lowest BCUT2D eigenvalue weighted by Gasteiger charge is -2.04. The Bertz CT molecular complexity index is 725. The molecule has 2 aromatic rings. The van der Waals surface area contributed by atoms with E-state index >= 15 is 0 Å². The van der Waals surface area contributed by atoms with Crippen LogP contribution in [0.2, 0.25) is 10.0 Å². The average Bonchev–Trinajstić information content (AvgIpc) is 2.51. The molecule has 0 atom stereocenters. The SMILES string of the molecule is O=C(CSCc1ccccc1Br)N/N=C\c1ccc(Cl)cc1Cl. The Labute approximate surface area is 157 Å². The normalized spacial score (nSPS) is 10.9. The third-order valence-corrected chi connectivity index (χ3v) is 5.12. The smallest absolute Gasteiger partial charge is 0.250 e. The molecule has 0 aliphatic rings. The van der Waals surface area contributed by atoms with E-state index in [2.05, 4.69) is 26.5 Å². The molecular weight excluding hydrogens is 419 g/mol. The van der Waals surface area contributed by atoms with Gasteiger partial charge in [-0.3, -0.25) is 4.79 Å². The largest absolute Gasteiger partial charge is 0.272 e. The van der Waals surface area contributed by atoms with Gasteiger partial charge < -0.3 is 0 Å². The molecule has 120 valence electrons. The third-order valence-electron chi connectivity index (χ3n) is 2.80. The number of hydrogen-bond acceptors (Lipinski definition) is 3. The highest BCUT2D eigenvalue weighted by atomic mass is 79.9. The number of carbonyl (C=O) groups is 1. The minimum absolute atomic E-state index is 0.164. The van der Waals surface area contributed by atoms with Crippen LogP contribution in [-0.2, 0) is 10.5 Å². The predicted octanol–water partition coefficient (Wildman–Crippen LogP) is 5.14. The molecule has 0 unspecified atom stereocenters. The summed E-state index contributed by atoms with van der Waals surface area (Å²) >= 11 is 16.8. The van der Waals surface area contributed by atoms with Crippen LogP contribution in [0.1, 0.15) is 11.1 Å². The monoisotopic (exact) mass is 430 g/mol. The van der Waals surface area contributed by atoms with E-state index in [1.165, 1.54) is 18.0 Å². The van der Waals surface area contributed by atoms with Gasteiger partial charge in [0.05, 0.1) is 17.0 Å². The van der Waals surface area contributed by atoms with Gasteiger partial charge in [-0.25, -0.2) is 5.43 Å². The first-order valence-electron chi connectivity index (χ1n) is 6.64. The molecule has 0 saturated carbocycles. The van der Waals surface area contributed by atoms with Gasteiger partial charge in [0.2, 0.25) is 5.91 Å². The topological polar surface area (TPSA) is 41.5 Å². The number of hydrogen-bond donors (Lipinski definition) is 1. The molecule has 1 amide bonds. The molecule has 0 saturated heterocycles. The van der Waals surface area contributed by atoms with Gasteiger partial charge in [0.25, 0.3) is 0 Å². The second-order valence-electron chi connectivity index (χ2n) is 4.54. The molecule has 0 aliphatic carbocycles. The Kier molecular flexibility index (Phi) is 7.43. The summed E-state index contributed by atoms with van der Waals surface area (Å²) in [6.45, 7) is 0. The fraction of sp³-hybridized carbons (Fsp3) is 0.125. The van der Waals surface area contributed by atoms with Gasteiger partial charge >= 0.3 is 0 Å². The number of carbonyl (C=O) groups excluding carboxylic acids is 1. The molecule has 0 aliphatic heterocycles. The number of nitrogens with one attached hydrogen (secondary N) is 1. The maximum absolute atomic E-state index is 11.7. The van der Waals surface area contributed by atoms with Crippen molar-refractivity contribution in [2.24, 2.45) is 5.10 Å². The van der Waals surface area contributed by atoms with Crippen LogP contribution in [0, 0.1) is 0 Å². The number of halogens is 3. The zero-order chi connectivity index (χ0) is 16.7. The predicted molar refractivity (Wildman–Crippen MR) is 103 cm³/mol. The summed E-state index contributed by atoms with van der Waals surface area (Å²) in [6, 6.07) is 13.0. The number of rotatable bonds is 6. The van der Waals surface area contributed by atoms with Crippen LogP contribution in [0.4, 0.5) is 0 Å². The van der Waals surface area contributed by atoms with Crippen molar-refractivity contribution in [2.45, 2.75) is 5.75 Å². The van der Waals surface area contributed by atoms with Crippen molar-refractivity contribution < 1.29 is 4.79 Å². The zero-order valence-electron chi connectivity index (χ0n) is 11.9. The lowest BCUT2D eigenvalue weighted by atomic mass is 10.2. The van der Waals surface area contributed by atoms with E-state index < -0.39 is 0 Å². The van der Waals surface area contributed by atoms with Crippen LogP contribution in [-0.4, -0.2) is 17.9 Å². The molecule has 23 heavy (non-hydrogen) atoms. The second kappa shape index (κ2) is 9.33. The number of thioether (sulfide) groups is 1. The maximum atomic E-state index is 11.7. The molecule has 0 fully saturated rings. The molecule has 2 aromatic carbocycles. The van der Waals surface area contributed by atoms with Crippen molar-refractivity contribution in [3.8, 4) is 0 Å². The molecule has 0 bridgehead atoms. The summed E-state index contributed by atoms with van der Waals surface area (Å²) in [6.07, 6.45) is 1.50. The highest BCUT2D eigenvalue weighted by molar-refractivity contribution is 9.10. The number of hydrazone groups is 1. The third kappa shape index (κ3) is 6.18. The fourth-order valence-electron chi connectivity index (χ4n) is 1.68. The lowest BCUT2D eigenvalue weighted by molar-refractivity contribution is -0.118. The van der Waals surface area contributed by atoms with Crippen molar-refractivity contribution in [3.63, 3.8) is 0 Å². The van der Waals surface area contributed by atoms with Gasteiger partial charge in [0.15, 0.2) is 0 Å². The van der Waals surface area contributed by atoms with Crippen LogP contribution in [0.15, 0.2) is 52.0 Å². The van der Waals surface area contributed by atoms with Crippen LogP contribution >= 0.6 is 50.9 Å². The molecule has 0 heterocycles. The Balaban J connectivity index is 1.77. The van der Waals surface area contributed by atoms with Crippen molar-refractivity contribution in [1.82, 2.24) is 5.43 Å². The molecule has 3 nitrogen and oxygen atoms in total. The van der Waals surface area contributed by atoms with Gasteiger partial charge in [0, 0.05) is 20.8 Å². The van der Waals surface area contributed by atoms with Gasteiger partial charge in [-0.1, -0.05) is 63.4 Å².